The van der Waals surface area contributed by atoms with Crippen LogP contribution in [0.2, 0.25) is 0 Å². The first-order chi connectivity index (χ1) is 18.2. The number of Topliss-reactive ketones (excluding diaryl/α,β-unsaturated/α-hetero) is 1. The van der Waals surface area contributed by atoms with Gasteiger partial charge in [0.25, 0.3) is 0 Å². The van der Waals surface area contributed by atoms with Gasteiger partial charge in [-0.2, -0.15) is 0 Å². The molecular weight excluding hydrogens is 450 g/mol. The summed E-state index contributed by atoms with van der Waals surface area (Å²) in [4.78, 5) is 12.8. The zero-order chi connectivity index (χ0) is 27.2. The summed E-state index contributed by atoms with van der Waals surface area (Å²) in [6.45, 7) is 6.63. The summed E-state index contributed by atoms with van der Waals surface area (Å²) in [6.07, 6.45) is 38.9. The van der Waals surface area contributed by atoms with E-state index in [1.165, 1.54) is 167 Å². The SMILES string of the molecule is CCCCCCCCCCCCCCCCC(CCCCCCCCCCCCCC)C(=O)C(N)CC. The molecule has 0 saturated heterocycles. The first-order valence-corrected chi connectivity index (χ1v) is 17.5. The molecule has 0 rings (SSSR count). The summed E-state index contributed by atoms with van der Waals surface area (Å²) in [5.41, 5.74) is 6.15. The Bertz CT molecular complexity index is 449. The van der Waals surface area contributed by atoms with Gasteiger partial charge in [0.05, 0.1) is 6.04 Å². The van der Waals surface area contributed by atoms with Gasteiger partial charge in [0.2, 0.25) is 0 Å². The van der Waals surface area contributed by atoms with E-state index in [-0.39, 0.29) is 12.0 Å². The minimum atomic E-state index is -0.242. The largest absolute Gasteiger partial charge is 0.322 e. The van der Waals surface area contributed by atoms with Crippen molar-refractivity contribution in [2.45, 2.75) is 213 Å². The van der Waals surface area contributed by atoms with Crippen LogP contribution >= 0.6 is 0 Å². The number of rotatable bonds is 31. The topological polar surface area (TPSA) is 43.1 Å². The number of carbonyl (C=O) groups is 1. The Morgan fingerprint density at radius 2 is 0.676 bits per heavy atom. The van der Waals surface area contributed by atoms with Crippen molar-refractivity contribution in [1.82, 2.24) is 0 Å². The molecule has 0 amide bonds. The van der Waals surface area contributed by atoms with E-state index in [9.17, 15) is 4.79 Å². The van der Waals surface area contributed by atoms with Crippen LogP contribution in [-0.2, 0) is 4.79 Å². The van der Waals surface area contributed by atoms with E-state index in [1.54, 1.807) is 0 Å². The van der Waals surface area contributed by atoms with Crippen LogP contribution in [0, 0.1) is 5.92 Å². The number of nitrogens with two attached hydrogens (primary N) is 1. The highest BCUT2D eigenvalue weighted by molar-refractivity contribution is 5.85. The molecule has 0 aromatic rings. The Labute approximate surface area is 235 Å². The summed E-state index contributed by atoms with van der Waals surface area (Å²) < 4.78 is 0. The molecule has 2 heteroatoms. The smallest absolute Gasteiger partial charge is 0.152 e. The summed E-state index contributed by atoms with van der Waals surface area (Å²) >= 11 is 0. The Morgan fingerprint density at radius 1 is 0.432 bits per heavy atom. The molecule has 0 bridgehead atoms. The van der Waals surface area contributed by atoms with Crippen LogP contribution in [0.5, 0.6) is 0 Å². The molecule has 2 atom stereocenters. The van der Waals surface area contributed by atoms with Crippen LogP contribution < -0.4 is 5.73 Å². The highest BCUT2D eigenvalue weighted by Crippen LogP contribution is 2.22. The predicted octanol–water partition coefficient (Wildman–Crippen LogP) is 11.9. The van der Waals surface area contributed by atoms with Crippen LogP contribution in [0.3, 0.4) is 0 Å². The molecule has 0 aliphatic carbocycles. The molecule has 37 heavy (non-hydrogen) atoms. The minimum Gasteiger partial charge on any atom is -0.322 e. The van der Waals surface area contributed by atoms with Crippen molar-refractivity contribution in [3.8, 4) is 0 Å². The number of ketones is 1. The molecule has 0 aromatic heterocycles. The van der Waals surface area contributed by atoms with Gasteiger partial charge in [-0.05, 0) is 19.3 Å². The first kappa shape index (κ1) is 36.6. The van der Waals surface area contributed by atoms with Crippen molar-refractivity contribution in [3.63, 3.8) is 0 Å². The van der Waals surface area contributed by atoms with Crippen molar-refractivity contribution in [3.05, 3.63) is 0 Å². The van der Waals surface area contributed by atoms with E-state index < -0.39 is 0 Å². The summed E-state index contributed by atoms with van der Waals surface area (Å²) in [5.74, 6) is 0.565. The van der Waals surface area contributed by atoms with Crippen LogP contribution in [0.25, 0.3) is 0 Å². The molecule has 0 heterocycles. The zero-order valence-electron chi connectivity index (χ0n) is 26.1. The monoisotopic (exact) mass is 522 g/mol. The molecule has 222 valence electrons. The van der Waals surface area contributed by atoms with Crippen LogP contribution in [0.15, 0.2) is 0 Å². The molecule has 0 spiro atoms. The van der Waals surface area contributed by atoms with E-state index in [2.05, 4.69) is 20.8 Å². The maximum atomic E-state index is 12.8. The van der Waals surface area contributed by atoms with Gasteiger partial charge in [-0.15, -0.1) is 0 Å². The fourth-order valence-electron chi connectivity index (χ4n) is 5.75. The normalized spacial score (nSPS) is 13.2. The van der Waals surface area contributed by atoms with Crippen molar-refractivity contribution in [1.29, 1.82) is 0 Å². The van der Waals surface area contributed by atoms with Crippen molar-refractivity contribution < 1.29 is 4.79 Å². The maximum Gasteiger partial charge on any atom is 0.152 e. The number of carbonyl (C=O) groups excluding carboxylic acids is 1. The summed E-state index contributed by atoms with van der Waals surface area (Å²) in [7, 11) is 0. The van der Waals surface area contributed by atoms with Crippen LogP contribution in [0.1, 0.15) is 207 Å². The highest BCUT2D eigenvalue weighted by atomic mass is 16.1. The van der Waals surface area contributed by atoms with Gasteiger partial charge in [-0.3, -0.25) is 4.79 Å². The predicted molar refractivity (Wildman–Crippen MR) is 167 cm³/mol. The Morgan fingerprint density at radius 3 is 0.919 bits per heavy atom. The van der Waals surface area contributed by atoms with Crippen molar-refractivity contribution in [2.24, 2.45) is 11.7 Å². The van der Waals surface area contributed by atoms with Gasteiger partial charge in [0.15, 0.2) is 5.78 Å². The molecular formula is C35H71NO. The maximum absolute atomic E-state index is 12.8. The van der Waals surface area contributed by atoms with E-state index in [0.29, 0.717) is 5.78 Å². The van der Waals surface area contributed by atoms with E-state index in [0.717, 1.165) is 19.3 Å². The van der Waals surface area contributed by atoms with Gasteiger partial charge in [-0.1, -0.05) is 188 Å². The molecule has 2 unspecified atom stereocenters. The lowest BCUT2D eigenvalue weighted by molar-refractivity contribution is -0.124. The van der Waals surface area contributed by atoms with Gasteiger partial charge >= 0.3 is 0 Å². The quantitative estimate of drug-likeness (QED) is 0.0921. The molecule has 2 nitrogen and oxygen atoms in total. The number of hydrogen-bond donors (Lipinski definition) is 1. The lowest BCUT2D eigenvalue weighted by Crippen LogP contribution is -2.35. The van der Waals surface area contributed by atoms with E-state index in [4.69, 9.17) is 5.73 Å². The van der Waals surface area contributed by atoms with E-state index >= 15 is 0 Å². The zero-order valence-corrected chi connectivity index (χ0v) is 26.1. The molecule has 0 fully saturated rings. The molecule has 0 aliphatic rings. The molecule has 0 saturated carbocycles. The Hall–Kier alpha value is -0.370. The molecule has 0 aromatic carbocycles. The molecule has 0 radical (unpaired) electrons. The average Bonchev–Trinajstić information content (AvgIpc) is 2.91. The third kappa shape index (κ3) is 25.7. The average molecular weight is 522 g/mol. The fraction of sp³-hybridized carbons (Fsp3) is 0.971. The Balaban J connectivity index is 3.76. The second kappa shape index (κ2) is 30.2. The Kier molecular flexibility index (Phi) is 29.9. The van der Waals surface area contributed by atoms with Gasteiger partial charge < -0.3 is 5.73 Å². The number of hydrogen-bond acceptors (Lipinski definition) is 2. The molecule has 0 aliphatic heterocycles. The van der Waals surface area contributed by atoms with Crippen molar-refractivity contribution in [2.75, 3.05) is 0 Å². The number of unbranched alkanes of at least 4 members (excludes halogenated alkanes) is 24. The lowest BCUT2D eigenvalue weighted by Gasteiger charge is -2.19. The summed E-state index contributed by atoms with van der Waals surface area (Å²) in [5, 5.41) is 0. The second-order valence-electron chi connectivity index (χ2n) is 12.2. The lowest BCUT2D eigenvalue weighted by atomic mass is 9.87. The van der Waals surface area contributed by atoms with Crippen molar-refractivity contribution >= 4 is 5.78 Å². The third-order valence-corrected chi connectivity index (χ3v) is 8.52. The first-order valence-electron chi connectivity index (χ1n) is 17.5. The van der Waals surface area contributed by atoms with E-state index in [1.807, 2.05) is 0 Å². The second-order valence-corrected chi connectivity index (χ2v) is 12.2. The van der Waals surface area contributed by atoms with Gasteiger partial charge in [0.1, 0.15) is 0 Å². The third-order valence-electron chi connectivity index (χ3n) is 8.52. The minimum absolute atomic E-state index is 0.218. The summed E-state index contributed by atoms with van der Waals surface area (Å²) in [6, 6.07) is -0.242. The van der Waals surface area contributed by atoms with Crippen LogP contribution in [-0.4, -0.2) is 11.8 Å². The standard InChI is InChI=1S/C35H71NO/c1-4-7-9-11-13-15-17-19-20-22-24-26-28-30-32-33(35(37)34(36)6-3)31-29-27-25-23-21-18-16-14-12-10-8-5-2/h33-34H,4-32,36H2,1-3H3. The van der Waals surface area contributed by atoms with Gasteiger partial charge in [-0.25, -0.2) is 0 Å². The van der Waals surface area contributed by atoms with Crippen LogP contribution in [0.4, 0.5) is 0 Å². The molecule has 2 N–H and O–H groups in total. The van der Waals surface area contributed by atoms with Gasteiger partial charge in [0, 0.05) is 5.92 Å². The fourth-order valence-corrected chi connectivity index (χ4v) is 5.75. The highest BCUT2D eigenvalue weighted by Gasteiger charge is 2.22.